The van der Waals surface area contributed by atoms with Crippen molar-refractivity contribution in [2.45, 2.75) is 38.6 Å². The largest absolute Gasteiger partial charge is 0.354 e. The number of benzene rings is 1. The molecular formula is C16H25FN2O. The normalized spacial score (nSPS) is 11.7. The molecule has 1 amide bonds. The van der Waals surface area contributed by atoms with Crippen LogP contribution in [0.3, 0.4) is 0 Å². The fourth-order valence-corrected chi connectivity index (χ4v) is 1.70. The van der Waals surface area contributed by atoms with Gasteiger partial charge < -0.3 is 10.2 Å². The van der Waals surface area contributed by atoms with Gasteiger partial charge in [0, 0.05) is 18.5 Å². The summed E-state index contributed by atoms with van der Waals surface area (Å²) in [4.78, 5) is 13.8. The number of hydrogen-bond donors (Lipinski definition) is 1. The summed E-state index contributed by atoms with van der Waals surface area (Å²) >= 11 is 0. The highest BCUT2D eigenvalue weighted by Crippen LogP contribution is 2.11. The molecule has 0 unspecified atom stereocenters. The van der Waals surface area contributed by atoms with Gasteiger partial charge in [0.05, 0.1) is 0 Å². The molecule has 0 spiro atoms. The van der Waals surface area contributed by atoms with Crippen LogP contribution in [0.2, 0.25) is 0 Å². The lowest BCUT2D eigenvalue weighted by atomic mass is 10.0. The van der Waals surface area contributed by atoms with Crippen molar-refractivity contribution < 1.29 is 9.18 Å². The van der Waals surface area contributed by atoms with Crippen LogP contribution in [-0.4, -0.2) is 37.0 Å². The Morgan fingerprint density at radius 1 is 1.30 bits per heavy atom. The highest BCUT2D eigenvalue weighted by Gasteiger charge is 2.20. The number of nitrogens with one attached hydrogen (secondary N) is 1. The van der Waals surface area contributed by atoms with E-state index in [1.54, 1.807) is 12.1 Å². The Bertz CT molecular complexity index is 444. The molecule has 0 fully saturated rings. The zero-order valence-electron chi connectivity index (χ0n) is 12.9. The number of hydrogen-bond acceptors (Lipinski definition) is 2. The standard InChI is InChI=1S/C16H25FN2O/c1-16(2,19(3)4)12-18-15(20)11-7-9-13-8-5-6-10-14(13)17/h5-6,8,10H,7,9,11-12H2,1-4H3,(H,18,20). The predicted molar refractivity (Wildman–Crippen MR) is 80.1 cm³/mol. The summed E-state index contributed by atoms with van der Waals surface area (Å²) in [7, 11) is 3.98. The Morgan fingerprint density at radius 2 is 1.95 bits per heavy atom. The number of amides is 1. The Labute approximate surface area is 121 Å². The summed E-state index contributed by atoms with van der Waals surface area (Å²) in [5, 5.41) is 2.93. The molecule has 0 aliphatic rings. The molecule has 0 saturated carbocycles. The van der Waals surface area contributed by atoms with Gasteiger partial charge in [-0.3, -0.25) is 4.79 Å². The molecule has 0 saturated heterocycles. The topological polar surface area (TPSA) is 32.3 Å². The molecule has 1 aromatic rings. The lowest BCUT2D eigenvalue weighted by molar-refractivity contribution is -0.121. The zero-order valence-corrected chi connectivity index (χ0v) is 12.9. The van der Waals surface area contributed by atoms with Gasteiger partial charge in [-0.1, -0.05) is 18.2 Å². The molecule has 0 radical (unpaired) electrons. The molecule has 112 valence electrons. The summed E-state index contributed by atoms with van der Waals surface area (Å²) < 4.78 is 13.4. The van der Waals surface area contributed by atoms with E-state index >= 15 is 0 Å². The molecule has 1 aromatic carbocycles. The van der Waals surface area contributed by atoms with Gasteiger partial charge in [-0.25, -0.2) is 4.39 Å². The lowest BCUT2D eigenvalue weighted by Gasteiger charge is -2.32. The van der Waals surface area contributed by atoms with Gasteiger partial charge in [-0.15, -0.1) is 0 Å². The minimum atomic E-state index is -0.193. The van der Waals surface area contributed by atoms with Crippen molar-refractivity contribution in [2.24, 2.45) is 0 Å². The molecule has 4 heteroatoms. The van der Waals surface area contributed by atoms with E-state index < -0.39 is 0 Å². The van der Waals surface area contributed by atoms with E-state index in [2.05, 4.69) is 24.1 Å². The molecule has 0 aliphatic heterocycles. The van der Waals surface area contributed by atoms with Crippen LogP contribution >= 0.6 is 0 Å². The SMILES string of the molecule is CN(C)C(C)(C)CNC(=O)CCCc1ccccc1F. The second-order valence-electron chi connectivity index (χ2n) is 5.93. The van der Waals surface area contributed by atoms with Crippen molar-refractivity contribution in [3.63, 3.8) is 0 Å². The third-order valence-corrected chi connectivity index (χ3v) is 3.74. The summed E-state index contributed by atoms with van der Waals surface area (Å²) in [6.07, 6.45) is 1.68. The maximum atomic E-state index is 13.4. The summed E-state index contributed by atoms with van der Waals surface area (Å²) in [5.41, 5.74) is 0.607. The Balaban J connectivity index is 2.29. The molecule has 0 atom stereocenters. The van der Waals surface area contributed by atoms with Gasteiger partial charge in [-0.05, 0) is 52.4 Å². The van der Waals surface area contributed by atoms with E-state index in [9.17, 15) is 9.18 Å². The zero-order chi connectivity index (χ0) is 15.2. The number of rotatable bonds is 7. The van der Waals surface area contributed by atoms with Crippen LogP contribution in [0.25, 0.3) is 0 Å². The molecule has 3 nitrogen and oxygen atoms in total. The smallest absolute Gasteiger partial charge is 0.220 e. The average Bonchev–Trinajstić information content (AvgIpc) is 2.38. The number of likely N-dealkylation sites (N-methyl/N-ethyl adjacent to an activating group) is 1. The Morgan fingerprint density at radius 3 is 2.55 bits per heavy atom. The predicted octanol–water partition coefficient (Wildman–Crippen LogP) is 2.60. The highest BCUT2D eigenvalue weighted by atomic mass is 19.1. The first kappa shape index (κ1) is 16.6. The highest BCUT2D eigenvalue weighted by molar-refractivity contribution is 5.75. The van der Waals surface area contributed by atoms with E-state index in [4.69, 9.17) is 0 Å². The van der Waals surface area contributed by atoms with Gasteiger partial charge in [0.25, 0.3) is 0 Å². The van der Waals surface area contributed by atoms with Crippen LogP contribution in [0.4, 0.5) is 4.39 Å². The van der Waals surface area contributed by atoms with Crippen molar-refractivity contribution in [1.29, 1.82) is 0 Å². The molecule has 0 aromatic heterocycles. The molecule has 1 rings (SSSR count). The number of halogens is 1. The van der Waals surface area contributed by atoms with Gasteiger partial charge in [0.1, 0.15) is 5.82 Å². The van der Waals surface area contributed by atoms with Crippen molar-refractivity contribution in [2.75, 3.05) is 20.6 Å². The van der Waals surface area contributed by atoms with Crippen molar-refractivity contribution in [3.05, 3.63) is 35.6 Å². The monoisotopic (exact) mass is 280 g/mol. The minimum absolute atomic E-state index is 0.0243. The second-order valence-corrected chi connectivity index (χ2v) is 5.93. The molecule has 0 bridgehead atoms. The van der Waals surface area contributed by atoms with Crippen molar-refractivity contribution in [3.8, 4) is 0 Å². The van der Waals surface area contributed by atoms with Crippen LogP contribution in [0.1, 0.15) is 32.3 Å². The second kappa shape index (κ2) is 7.39. The maximum absolute atomic E-state index is 13.4. The fourth-order valence-electron chi connectivity index (χ4n) is 1.70. The third-order valence-electron chi connectivity index (χ3n) is 3.74. The molecule has 0 heterocycles. The van der Waals surface area contributed by atoms with Gasteiger partial charge in [-0.2, -0.15) is 0 Å². The van der Waals surface area contributed by atoms with Crippen LogP contribution in [0.15, 0.2) is 24.3 Å². The van der Waals surface area contributed by atoms with Crippen molar-refractivity contribution >= 4 is 5.91 Å². The molecule has 1 N–H and O–H groups in total. The first-order valence-corrected chi connectivity index (χ1v) is 7.00. The minimum Gasteiger partial charge on any atom is -0.354 e. The summed E-state index contributed by atoms with van der Waals surface area (Å²) in [6, 6.07) is 6.71. The Hall–Kier alpha value is -1.42. The van der Waals surface area contributed by atoms with E-state index in [1.807, 2.05) is 20.2 Å². The van der Waals surface area contributed by atoms with E-state index in [0.29, 0.717) is 31.4 Å². The third kappa shape index (κ3) is 5.29. The fraction of sp³-hybridized carbons (Fsp3) is 0.562. The van der Waals surface area contributed by atoms with Gasteiger partial charge in [0.2, 0.25) is 5.91 Å². The first-order chi connectivity index (χ1) is 9.33. The van der Waals surface area contributed by atoms with Gasteiger partial charge >= 0.3 is 0 Å². The maximum Gasteiger partial charge on any atom is 0.220 e. The molecule has 20 heavy (non-hydrogen) atoms. The van der Waals surface area contributed by atoms with E-state index in [1.165, 1.54) is 6.07 Å². The van der Waals surface area contributed by atoms with Gasteiger partial charge in [0.15, 0.2) is 0 Å². The number of aryl methyl sites for hydroxylation is 1. The summed E-state index contributed by atoms with van der Waals surface area (Å²) in [5.74, 6) is -0.169. The van der Waals surface area contributed by atoms with Crippen LogP contribution in [0, 0.1) is 5.82 Å². The molecular weight excluding hydrogens is 255 g/mol. The van der Waals surface area contributed by atoms with Crippen LogP contribution in [-0.2, 0) is 11.2 Å². The van der Waals surface area contributed by atoms with E-state index in [-0.39, 0.29) is 17.3 Å². The number of carbonyl (C=O) groups excluding carboxylic acids is 1. The number of nitrogens with zero attached hydrogens (tertiary/aromatic N) is 1. The quantitative estimate of drug-likeness (QED) is 0.832. The Kier molecular flexibility index (Phi) is 6.14. The van der Waals surface area contributed by atoms with Crippen LogP contribution in [0.5, 0.6) is 0 Å². The number of carbonyl (C=O) groups is 1. The van der Waals surface area contributed by atoms with Crippen molar-refractivity contribution in [1.82, 2.24) is 10.2 Å². The first-order valence-electron chi connectivity index (χ1n) is 7.00. The van der Waals surface area contributed by atoms with Crippen LogP contribution < -0.4 is 5.32 Å². The lowest BCUT2D eigenvalue weighted by Crippen LogP contribution is -2.48. The van der Waals surface area contributed by atoms with E-state index in [0.717, 1.165) is 0 Å². The molecule has 0 aliphatic carbocycles. The summed E-state index contributed by atoms with van der Waals surface area (Å²) in [6.45, 7) is 4.76. The average molecular weight is 280 g/mol.